The molecule has 0 amide bonds. The van der Waals surface area contributed by atoms with Crippen LogP contribution in [0.5, 0.6) is 5.75 Å². The molecular formula is C22H23NO3. The number of hydrogen-bond acceptors (Lipinski definition) is 4. The first kappa shape index (κ1) is 17.8. The summed E-state index contributed by atoms with van der Waals surface area (Å²) in [5, 5.41) is 3.37. The number of hydrogen-bond donors (Lipinski definition) is 1. The van der Waals surface area contributed by atoms with Gasteiger partial charge in [0.25, 0.3) is 0 Å². The van der Waals surface area contributed by atoms with Crippen LogP contribution in [0.3, 0.4) is 0 Å². The van der Waals surface area contributed by atoms with Crippen LogP contribution in [0.4, 0.5) is 5.69 Å². The summed E-state index contributed by atoms with van der Waals surface area (Å²) in [4.78, 5) is 12.6. The quantitative estimate of drug-likeness (QED) is 0.797. The Labute approximate surface area is 154 Å². The number of carbonyl (C=O) groups excluding carboxylic acids is 1. The van der Waals surface area contributed by atoms with Crippen LogP contribution in [-0.2, 0) is 9.53 Å². The summed E-state index contributed by atoms with van der Waals surface area (Å²) in [5.41, 5.74) is 4.64. The lowest BCUT2D eigenvalue weighted by atomic mass is 9.81. The number of anilines is 1. The van der Waals surface area contributed by atoms with Crippen LogP contribution in [-0.4, -0.2) is 20.2 Å². The van der Waals surface area contributed by atoms with Crippen molar-refractivity contribution in [3.63, 3.8) is 0 Å². The zero-order chi connectivity index (χ0) is 18.5. The Kier molecular flexibility index (Phi) is 5.42. The summed E-state index contributed by atoms with van der Waals surface area (Å²) in [6.45, 7) is 2.08. The van der Waals surface area contributed by atoms with E-state index >= 15 is 0 Å². The van der Waals surface area contributed by atoms with E-state index in [9.17, 15) is 4.79 Å². The molecule has 0 saturated heterocycles. The third kappa shape index (κ3) is 3.80. The van der Waals surface area contributed by atoms with Crippen LogP contribution in [0, 0.1) is 0 Å². The average molecular weight is 349 g/mol. The van der Waals surface area contributed by atoms with Gasteiger partial charge < -0.3 is 14.8 Å². The molecule has 134 valence electrons. The SMILES string of the molecule is COC(=O)C1=C(Nc2ccc(OC)cc2)C=C(C)C[C@@H]1c1ccccc1. The van der Waals surface area contributed by atoms with Gasteiger partial charge in [0.2, 0.25) is 0 Å². The Morgan fingerprint density at radius 3 is 2.35 bits per heavy atom. The van der Waals surface area contributed by atoms with Crippen molar-refractivity contribution >= 4 is 11.7 Å². The maximum atomic E-state index is 12.6. The number of rotatable bonds is 5. The van der Waals surface area contributed by atoms with E-state index in [1.165, 1.54) is 12.7 Å². The minimum Gasteiger partial charge on any atom is -0.497 e. The van der Waals surface area contributed by atoms with Crippen molar-refractivity contribution in [3.8, 4) is 5.75 Å². The van der Waals surface area contributed by atoms with Gasteiger partial charge in [-0.15, -0.1) is 0 Å². The molecule has 0 spiro atoms. The van der Waals surface area contributed by atoms with Gasteiger partial charge in [0.15, 0.2) is 0 Å². The highest BCUT2D eigenvalue weighted by atomic mass is 16.5. The first-order chi connectivity index (χ1) is 12.6. The van der Waals surface area contributed by atoms with E-state index in [2.05, 4.69) is 24.4 Å². The van der Waals surface area contributed by atoms with E-state index in [4.69, 9.17) is 9.47 Å². The molecule has 0 fully saturated rings. The molecule has 0 aliphatic heterocycles. The minimum atomic E-state index is -0.307. The smallest absolute Gasteiger partial charge is 0.336 e. The maximum Gasteiger partial charge on any atom is 0.336 e. The fourth-order valence-corrected chi connectivity index (χ4v) is 3.26. The molecule has 0 saturated carbocycles. The number of esters is 1. The van der Waals surface area contributed by atoms with Crippen molar-refractivity contribution < 1.29 is 14.3 Å². The van der Waals surface area contributed by atoms with E-state index in [-0.39, 0.29) is 11.9 Å². The molecule has 0 bridgehead atoms. The number of nitrogens with one attached hydrogen (secondary N) is 1. The normalized spacial score (nSPS) is 16.7. The van der Waals surface area contributed by atoms with E-state index in [1.807, 2.05) is 48.5 Å². The van der Waals surface area contributed by atoms with Gasteiger partial charge in [-0.25, -0.2) is 4.79 Å². The van der Waals surface area contributed by atoms with Crippen molar-refractivity contribution in [1.82, 2.24) is 0 Å². The minimum absolute atomic E-state index is 0.0330. The van der Waals surface area contributed by atoms with Gasteiger partial charge in [0.1, 0.15) is 5.75 Å². The van der Waals surface area contributed by atoms with Gasteiger partial charge in [-0.1, -0.05) is 35.9 Å². The van der Waals surface area contributed by atoms with Crippen LogP contribution in [0.15, 0.2) is 77.5 Å². The Bertz CT molecular complexity index is 835. The molecule has 0 heterocycles. The van der Waals surface area contributed by atoms with Crippen LogP contribution in [0.2, 0.25) is 0 Å². The summed E-state index contributed by atoms with van der Waals surface area (Å²) < 4.78 is 10.3. The molecule has 1 N–H and O–H groups in total. The van der Waals surface area contributed by atoms with Crippen molar-refractivity contribution in [2.75, 3.05) is 19.5 Å². The van der Waals surface area contributed by atoms with Crippen molar-refractivity contribution in [3.05, 3.63) is 83.1 Å². The van der Waals surface area contributed by atoms with Gasteiger partial charge in [-0.3, -0.25) is 0 Å². The number of allylic oxidation sites excluding steroid dienone is 2. The molecule has 0 unspecified atom stereocenters. The van der Waals surface area contributed by atoms with Gasteiger partial charge in [-0.05, 0) is 49.2 Å². The lowest BCUT2D eigenvalue weighted by Gasteiger charge is -2.27. The molecule has 4 heteroatoms. The number of ether oxygens (including phenoxy) is 2. The second kappa shape index (κ2) is 7.91. The number of methoxy groups -OCH3 is 2. The highest BCUT2D eigenvalue weighted by Gasteiger charge is 2.30. The zero-order valence-electron chi connectivity index (χ0n) is 15.3. The molecule has 0 radical (unpaired) electrons. The second-order valence-corrected chi connectivity index (χ2v) is 6.33. The predicted octanol–water partition coefficient (Wildman–Crippen LogP) is 4.67. The molecule has 3 rings (SSSR count). The predicted molar refractivity (Wildman–Crippen MR) is 103 cm³/mol. The van der Waals surface area contributed by atoms with Gasteiger partial charge >= 0.3 is 5.97 Å². The first-order valence-corrected chi connectivity index (χ1v) is 8.58. The summed E-state index contributed by atoms with van der Waals surface area (Å²) >= 11 is 0. The fourth-order valence-electron chi connectivity index (χ4n) is 3.26. The molecule has 4 nitrogen and oxygen atoms in total. The highest BCUT2D eigenvalue weighted by molar-refractivity contribution is 5.93. The third-order valence-electron chi connectivity index (χ3n) is 4.53. The highest BCUT2D eigenvalue weighted by Crippen LogP contribution is 2.38. The first-order valence-electron chi connectivity index (χ1n) is 8.58. The average Bonchev–Trinajstić information content (AvgIpc) is 2.68. The lowest BCUT2D eigenvalue weighted by molar-refractivity contribution is -0.136. The standard InChI is InChI=1S/C22H23NO3/c1-15-13-19(16-7-5-4-6-8-16)21(22(24)26-3)20(14-15)23-17-9-11-18(25-2)12-10-17/h4-12,14,19,23H,13H2,1-3H3/t19-/m1/s1. The van der Waals surface area contributed by atoms with Crippen molar-refractivity contribution in [2.45, 2.75) is 19.3 Å². The van der Waals surface area contributed by atoms with Crippen molar-refractivity contribution in [1.29, 1.82) is 0 Å². The number of carbonyl (C=O) groups is 1. The Hall–Kier alpha value is -3.01. The van der Waals surface area contributed by atoms with E-state index < -0.39 is 0 Å². The monoisotopic (exact) mass is 349 g/mol. The van der Waals surface area contributed by atoms with Gasteiger partial charge in [0, 0.05) is 17.3 Å². The summed E-state index contributed by atoms with van der Waals surface area (Å²) in [5.74, 6) is 0.447. The molecule has 2 aromatic rings. The summed E-state index contributed by atoms with van der Waals surface area (Å²) in [6, 6.07) is 17.7. The molecule has 2 aromatic carbocycles. The van der Waals surface area contributed by atoms with Crippen LogP contribution < -0.4 is 10.1 Å². The summed E-state index contributed by atoms with van der Waals surface area (Å²) in [6.07, 6.45) is 2.82. The summed E-state index contributed by atoms with van der Waals surface area (Å²) in [7, 11) is 3.06. The molecular weight excluding hydrogens is 326 g/mol. The largest absolute Gasteiger partial charge is 0.497 e. The lowest BCUT2D eigenvalue weighted by Crippen LogP contribution is -2.21. The van der Waals surface area contributed by atoms with E-state index in [0.29, 0.717) is 5.57 Å². The Morgan fingerprint density at radius 2 is 1.73 bits per heavy atom. The third-order valence-corrected chi connectivity index (χ3v) is 4.53. The topological polar surface area (TPSA) is 47.6 Å². The molecule has 1 atom stereocenters. The van der Waals surface area contributed by atoms with E-state index in [1.54, 1.807) is 7.11 Å². The molecule has 1 aliphatic rings. The van der Waals surface area contributed by atoms with Gasteiger partial charge in [-0.2, -0.15) is 0 Å². The Balaban J connectivity index is 2.03. The maximum absolute atomic E-state index is 12.6. The van der Waals surface area contributed by atoms with Crippen molar-refractivity contribution in [2.24, 2.45) is 0 Å². The van der Waals surface area contributed by atoms with E-state index in [0.717, 1.165) is 29.1 Å². The molecule has 1 aliphatic carbocycles. The van der Waals surface area contributed by atoms with Crippen LogP contribution in [0.1, 0.15) is 24.8 Å². The van der Waals surface area contributed by atoms with Crippen LogP contribution >= 0.6 is 0 Å². The second-order valence-electron chi connectivity index (χ2n) is 6.33. The molecule has 0 aromatic heterocycles. The van der Waals surface area contributed by atoms with Gasteiger partial charge in [0.05, 0.1) is 19.8 Å². The number of benzene rings is 2. The Morgan fingerprint density at radius 1 is 1.04 bits per heavy atom. The van der Waals surface area contributed by atoms with Crippen LogP contribution in [0.25, 0.3) is 0 Å². The zero-order valence-corrected chi connectivity index (χ0v) is 15.3. The fraction of sp³-hybridized carbons (Fsp3) is 0.227. The molecule has 26 heavy (non-hydrogen) atoms.